The van der Waals surface area contributed by atoms with Gasteiger partial charge in [-0.25, -0.2) is 0 Å². The first-order valence-electron chi connectivity index (χ1n) is 7.60. The zero-order valence-electron chi connectivity index (χ0n) is 12.7. The van der Waals surface area contributed by atoms with Crippen LogP contribution >= 0.6 is 0 Å². The van der Waals surface area contributed by atoms with Crippen molar-refractivity contribution in [2.24, 2.45) is 5.73 Å². The van der Waals surface area contributed by atoms with Crippen LogP contribution < -0.4 is 15.5 Å². The molecular formula is C18H23N3. The molecule has 3 rings (SSSR count). The van der Waals surface area contributed by atoms with Crippen LogP contribution in [0, 0.1) is 0 Å². The first-order valence-corrected chi connectivity index (χ1v) is 7.60. The second-order valence-corrected chi connectivity index (χ2v) is 5.94. The topological polar surface area (TPSA) is 32.5 Å². The third-order valence-electron chi connectivity index (χ3n) is 4.02. The molecule has 1 aliphatic rings. The van der Waals surface area contributed by atoms with E-state index in [2.05, 4.69) is 72.2 Å². The van der Waals surface area contributed by atoms with E-state index < -0.39 is 0 Å². The van der Waals surface area contributed by atoms with E-state index in [0.29, 0.717) is 6.04 Å². The fourth-order valence-electron chi connectivity index (χ4n) is 3.02. The normalized spacial score (nSPS) is 18.6. The smallest absolute Gasteiger partial charge is 0.0649 e. The fraction of sp³-hybridized carbons (Fsp3) is 0.333. The molecule has 0 aromatic heterocycles. The molecule has 0 aliphatic carbocycles. The molecule has 0 fully saturated rings. The van der Waals surface area contributed by atoms with Crippen LogP contribution in [-0.2, 0) is 0 Å². The van der Waals surface area contributed by atoms with Crippen LogP contribution in [0.15, 0.2) is 54.6 Å². The highest BCUT2D eigenvalue weighted by molar-refractivity contribution is 5.78. The highest BCUT2D eigenvalue weighted by Gasteiger charge is 2.26. The van der Waals surface area contributed by atoms with Gasteiger partial charge in [-0.1, -0.05) is 30.3 Å². The average Bonchev–Trinajstić information content (AvgIpc) is 2.65. The zero-order valence-corrected chi connectivity index (χ0v) is 12.7. The van der Waals surface area contributed by atoms with Crippen molar-refractivity contribution in [3.63, 3.8) is 0 Å². The maximum absolute atomic E-state index is 6.39. The summed E-state index contributed by atoms with van der Waals surface area (Å²) in [5, 5.41) is 0. The Labute approximate surface area is 127 Å². The van der Waals surface area contributed by atoms with Crippen molar-refractivity contribution in [3.8, 4) is 0 Å². The Bertz CT molecular complexity index is 594. The van der Waals surface area contributed by atoms with Crippen LogP contribution in [0.5, 0.6) is 0 Å². The molecule has 1 atom stereocenters. The number of benzene rings is 2. The van der Waals surface area contributed by atoms with Crippen LogP contribution in [0.4, 0.5) is 17.1 Å². The predicted molar refractivity (Wildman–Crippen MR) is 90.3 cm³/mol. The largest absolute Gasteiger partial charge is 0.366 e. The quantitative estimate of drug-likeness (QED) is 0.916. The Morgan fingerprint density at radius 1 is 0.905 bits per heavy atom. The summed E-state index contributed by atoms with van der Waals surface area (Å²) >= 11 is 0. The molecule has 21 heavy (non-hydrogen) atoms. The number of para-hydroxylation sites is 3. The Morgan fingerprint density at radius 2 is 1.52 bits per heavy atom. The number of fused-ring (bicyclic) bond motifs is 1. The van der Waals surface area contributed by atoms with Gasteiger partial charge in [-0.05, 0) is 38.1 Å². The van der Waals surface area contributed by atoms with E-state index in [9.17, 15) is 0 Å². The summed E-state index contributed by atoms with van der Waals surface area (Å²) in [6.07, 6.45) is 0. The Balaban J connectivity index is 2.10. The van der Waals surface area contributed by atoms with E-state index in [1.165, 1.54) is 17.1 Å². The van der Waals surface area contributed by atoms with E-state index in [1.807, 2.05) is 6.07 Å². The molecule has 110 valence electrons. The third-order valence-corrected chi connectivity index (χ3v) is 4.02. The molecule has 0 radical (unpaired) electrons. The van der Waals surface area contributed by atoms with Crippen molar-refractivity contribution >= 4 is 17.1 Å². The van der Waals surface area contributed by atoms with Gasteiger partial charge in [-0.15, -0.1) is 0 Å². The molecule has 1 heterocycles. The molecule has 0 saturated carbocycles. The van der Waals surface area contributed by atoms with E-state index in [-0.39, 0.29) is 6.04 Å². The molecule has 0 bridgehead atoms. The predicted octanol–water partition coefficient (Wildman–Crippen LogP) is 3.38. The van der Waals surface area contributed by atoms with Gasteiger partial charge >= 0.3 is 0 Å². The van der Waals surface area contributed by atoms with E-state index in [0.717, 1.165) is 13.1 Å². The third kappa shape index (κ3) is 2.74. The summed E-state index contributed by atoms with van der Waals surface area (Å²) < 4.78 is 0. The van der Waals surface area contributed by atoms with Gasteiger partial charge in [-0.2, -0.15) is 0 Å². The number of rotatable bonds is 2. The van der Waals surface area contributed by atoms with Crippen LogP contribution in [0.3, 0.4) is 0 Å². The average molecular weight is 281 g/mol. The number of nitrogens with zero attached hydrogens (tertiary/aromatic N) is 2. The van der Waals surface area contributed by atoms with E-state index >= 15 is 0 Å². The first kappa shape index (κ1) is 14.0. The lowest BCUT2D eigenvalue weighted by Gasteiger charge is -2.30. The zero-order chi connectivity index (χ0) is 14.8. The minimum atomic E-state index is 0.125. The molecule has 0 spiro atoms. The van der Waals surface area contributed by atoms with Crippen molar-refractivity contribution in [2.45, 2.75) is 25.9 Å². The minimum Gasteiger partial charge on any atom is -0.366 e. The Kier molecular flexibility index (Phi) is 3.84. The van der Waals surface area contributed by atoms with Crippen molar-refractivity contribution < 1.29 is 0 Å². The van der Waals surface area contributed by atoms with Gasteiger partial charge in [0.15, 0.2) is 0 Å². The van der Waals surface area contributed by atoms with Crippen LogP contribution in [-0.4, -0.2) is 25.2 Å². The summed E-state index contributed by atoms with van der Waals surface area (Å²) in [6, 6.07) is 19.7. The van der Waals surface area contributed by atoms with Gasteiger partial charge in [0, 0.05) is 30.9 Å². The van der Waals surface area contributed by atoms with E-state index in [1.54, 1.807) is 0 Å². The number of nitrogens with two attached hydrogens (primary N) is 1. The molecule has 2 N–H and O–H groups in total. The van der Waals surface area contributed by atoms with Crippen molar-refractivity contribution in [1.29, 1.82) is 0 Å². The van der Waals surface area contributed by atoms with Crippen LogP contribution in [0.1, 0.15) is 13.8 Å². The highest BCUT2D eigenvalue weighted by Crippen LogP contribution is 2.37. The van der Waals surface area contributed by atoms with Gasteiger partial charge in [-0.3, -0.25) is 0 Å². The molecule has 1 aliphatic heterocycles. The molecule has 1 unspecified atom stereocenters. The number of anilines is 3. The van der Waals surface area contributed by atoms with Gasteiger partial charge in [0.25, 0.3) is 0 Å². The number of hydrogen-bond acceptors (Lipinski definition) is 3. The lowest BCUT2D eigenvalue weighted by atomic mass is 10.2. The molecule has 3 heteroatoms. The summed E-state index contributed by atoms with van der Waals surface area (Å²) in [5.74, 6) is 0. The molecule has 2 aromatic carbocycles. The molecule has 3 nitrogen and oxygen atoms in total. The van der Waals surface area contributed by atoms with Crippen molar-refractivity contribution in [1.82, 2.24) is 0 Å². The maximum atomic E-state index is 6.39. The monoisotopic (exact) mass is 281 g/mol. The van der Waals surface area contributed by atoms with Gasteiger partial charge in [0.05, 0.1) is 11.4 Å². The molecule has 0 saturated heterocycles. The second-order valence-electron chi connectivity index (χ2n) is 5.94. The highest BCUT2D eigenvalue weighted by atomic mass is 15.3. The summed E-state index contributed by atoms with van der Waals surface area (Å²) in [4.78, 5) is 4.74. The Hall–Kier alpha value is -2.00. The maximum Gasteiger partial charge on any atom is 0.0649 e. The fourth-order valence-corrected chi connectivity index (χ4v) is 3.02. The number of hydrogen-bond donors (Lipinski definition) is 1. The van der Waals surface area contributed by atoms with Crippen molar-refractivity contribution in [2.75, 3.05) is 22.9 Å². The Morgan fingerprint density at radius 3 is 2.19 bits per heavy atom. The second kappa shape index (κ2) is 5.78. The SMILES string of the molecule is CC(C)N1CC(N)CN(c2ccccc2)c2ccccc21. The van der Waals surface area contributed by atoms with Crippen LogP contribution in [0.25, 0.3) is 0 Å². The van der Waals surface area contributed by atoms with E-state index in [4.69, 9.17) is 5.73 Å². The lowest BCUT2D eigenvalue weighted by molar-refractivity contribution is 0.607. The molecular weight excluding hydrogens is 258 g/mol. The van der Waals surface area contributed by atoms with Gasteiger partial charge < -0.3 is 15.5 Å². The van der Waals surface area contributed by atoms with Crippen LogP contribution in [0.2, 0.25) is 0 Å². The lowest BCUT2D eigenvalue weighted by Crippen LogP contribution is -2.43. The standard InChI is InChI=1S/C18H23N3/c1-14(2)20-12-15(19)13-21(16-8-4-3-5-9-16)18-11-7-6-10-17(18)20/h3-11,14-15H,12-13,19H2,1-2H3. The minimum absolute atomic E-state index is 0.125. The summed E-state index contributed by atoms with van der Waals surface area (Å²) in [7, 11) is 0. The molecule has 0 amide bonds. The van der Waals surface area contributed by atoms with Crippen molar-refractivity contribution in [3.05, 3.63) is 54.6 Å². The summed E-state index contributed by atoms with van der Waals surface area (Å²) in [5.41, 5.74) is 10.1. The molecule has 2 aromatic rings. The summed E-state index contributed by atoms with van der Waals surface area (Å²) in [6.45, 7) is 6.17. The first-order chi connectivity index (χ1) is 10.2. The van der Waals surface area contributed by atoms with Gasteiger partial charge in [0.1, 0.15) is 0 Å². The van der Waals surface area contributed by atoms with Gasteiger partial charge in [0.2, 0.25) is 0 Å².